The minimum absolute atomic E-state index is 0.0574. The summed E-state index contributed by atoms with van der Waals surface area (Å²) in [6, 6.07) is 5.45. The van der Waals surface area contributed by atoms with Gasteiger partial charge in [0.15, 0.2) is 0 Å². The molecule has 5 heteroatoms. The van der Waals surface area contributed by atoms with Gasteiger partial charge in [-0.15, -0.1) is 0 Å². The Morgan fingerprint density at radius 1 is 1.23 bits per heavy atom. The van der Waals surface area contributed by atoms with Gasteiger partial charge >= 0.3 is 0 Å². The number of benzene rings is 1. The molecule has 5 nitrogen and oxygen atoms in total. The fraction of sp³-hybridized carbons (Fsp3) is 0.524. The number of carbonyl (C=O) groups excluding carboxylic acids is 1. The van der Waals surface area contributed by atoms with Crippen molar-refractivity contribution in [3.8, 4) is 11.5 Å². The number of ether oxygens (including phenoxy) is 2. The van der Waals surface area contributed by atoms with E-state index in [2.05, 4.69) is 11.9 Å². The summed E-state index contributed by atoms with van der Waals surface area (Å²) in [6.45, 7) is 6.18. The second kappa shape index (κ2) is 6.45. The standard InChI is InChI=1S/C21H26N2O3/c1-11(2)25-20-10-15-17(9-16(20)21(22)24)23-5-4-18(15)26-19-8-13-6-12(3)14(19)7-13/h4-5,9-14,19H,6-8H2,1-3H3,(H2,22,24)/t12?,13?,14?,19-/m1/s1. The molecular weight excluding hydrogens is 328 g/mol. The molecule has 0 spiro atoms. The van der Waals surface area contributed by atoms with Gasteiger partial charge in [-0.3, -0.25) is 9.78 Å². The van der Waals surface area contributed by atoms with Crippen molar-refractivity contribution in [2.75, 3.05) is 0 Å². The van der Waals surface area contributed by atoms with Crippen LogP contribution in [0.5, 0.6) is 11.5 Å². The van der Waals surface area contributed by atoms with Crippen molar-refractivity contribution in [3.05, 3.63) is 30.0 Å². The molecule has 2 aromatic rings. The fourth-order valence-electron chi connectivity index (χ4n) is 4.72. The van der Waals surface area contributed by atoms with Gasteiger partial charge in [-0.25, -0.2) is 0 Å². The van der Waals surface area contributed by atoms with Crippen LogP contribution in [0.3, 0.4) is 0 Å². The van der Waals surface area contributed by atoms with Gasteiger partial charge in [0.2, 0.25) is 0 Å². The van der Waals surface area contributed by atoms with E-state index >= 15 is 0 Å². The van der Waals surface area contributed by atoms with E-state index in [1.807, 2.05) is 26.0 Å². The highest BCUT2D eigenvalue weighted by Crippen LogP contribution is 2.50. The maximum atomic E-state index is 11.8. The van der Waals surface area contributed by atoms with E-state index in [0.717, 1.165) is 29.4 Å². The largest absolute Gasteiger partial charge is 0.490 e. The van der Waals surface area contributed by atoms with Crippen LogP contribution in [-0.2, 0) is 0 Å². The summed E-state index contributed by atoms with van der Waals surface area (Å²) >= 11 is 0. The summed E-state index contributed by atoms with van der Waals surface area (Å²) < 4.78 is 12.3. The zero-order valence-electron chi connectivity index (χ0n) is 15.6. The van der Waals surface area contributed by atoms with Crippen LogP contribution in [0.25, 0.3) is 10.9 Å². The number of nitrogens with zero attached hydrogens (tertiary/aromatic N) is 1. The average molecular weight is 354 g/mol. The number of nitrogens with two attached hydrogens (primary N) is 1. The van der Waals surface area contributed by atoms with Gasteiger partial charge in [0.05, 0.1) is 17.2 Å². The monoisotopic (exact) mass is 354 g/mol. The number of aromatic nitrogens is 1. The number of rotatable bonds is 5. The molecule has 2 aliphatic carbocycles. The fourth-order valence-corrected chi connectivity index (χ4v) is 4.72. The Balaban J connectivity index is 1.72. The Kier molecular flexibility index (Phi) is 4.25. The Hall–Kier alpha value is -2.30. The highest BCUT2D eigenvalue weighted by molar-refractivity contribution is 6.01. The molecule has 2 fully saturated rings. The molecule has 26 heavy (non-hydrogen) atoms. The summed E-state index contributed by atoms with van der Waals surface area (Å²) in [7, 11) is 0. The van der Waals surface area contributed by atoms with Crippen LogP contribution in [0.2, 0.25) is 0 Å². The van der Waals surface area contributed by atoms with Gasteiger partial charge in [-0.05, 0) is 69.1 Å². The topological polar surface area (TPSA) is 74.4 Å². The van der Waals surface area contributed by atoms with Crippen LogP contribution in [0.4, 0.5) is 0 Å². The van der Waals surface area contributed by atoms with Crippen molar-refractivity contribution in [2.45, 2.75) is 52.2 Å². The van der Waals surface area contributed by atoms with E-state index in [1.54, 1.807) is 12.3 Å². The first-order valence-electron chi connectivity index (χ1n) is 9.48. The smallest absolute Gasteiger partial charge is 0.252 e. The molecule has 0 radical (unpaired) electrons. The molecule has 1 aromatic heterocycles. The highest BCUT2D eigenvalue weighted by Gasteiger charge is 2.45. The number of pyridine rings is 1. The quantitative estimate of drug-likeness (QED) is 0.883. The Bertz CT molecular complexity index is 849. The van der Waals surface area contributed by atoms with Gasteiger partial charge in [0.25, 0.3) is 5.91 Å². The lowest BCUT2D eigenvalue weighted by Gasteiger charge is -2.28. The first-order chi connectivity index (χ1) is 12.4. The maximum absolute atomic E-state index is 11.8. The van der Waals surface area contributed by atoms with Gasteiger partial charge in [-0.1, -0.05) is 6.92 Å². The Morgan fingerprint density at radius 3 is 2.69 bits per heavy atom. The number of primary amides is 1. The molecule has 0 aliphatic heterocycles. The zero-order chi connectivity index (χ0) is 18.4. The van der Waals surface area contributed by atoms with E-state index in [9.17, 15) is 4.79 Å². The van der Waals surface area contributed by atoms with Crippen LogP contribution >= 0.6 is 0 Å². The predicted octanol–water partition coefficient (Wildman–Crippen LogP) is 3.93. The number of amides is 1. The second-order valence-electron chi connectivity index (χ2n) is 8.08. The van der Waals surface area contributed by atoms with E-state index in [1.165, 1.54) is 12.8 Å². The summed E-state index contributed by atoms with van der Waals surface area (Å²) in [5.74, 6) is 2.95. The van der Waals surface area contributed by atoms with Crippen molar-refractivity contribution >= 4 is 16.8 Å². The summed E-state index contributed by atoms with van der Waals surface area (Å²) in [5, 5.41) is 0.864. The molecule has 4 rings (SSSR count). The molecule has 138 valence electrons. The van der Waals surface area contributed by atoms with Crippen LogP contribution < -0.4 is 15.2 Å². The molecule has 1 amide bonds. The molecule has 2 bridgehead atoms. The summed E-state index contributed by atoms with van der Waals surface area (Å²) in [6.07, 6.45) is 5.67. The van der Waals surface area contributed by atoms with E-state index in [4.69, 9.17) is 15.2 Å². The van der Waals surface area contributed by atoms with Crippen LogP contribution in [0.15, 0.2) is 24.4 Å². The summed E-state index contributed by atoms with van der Waals surface area (Å²) in [4.78, 5) is 16.2. The van der Waals surface area contributed by atoms with Crippen molar-refractivity contribution in [2.24, 2.45) is 23.5 Å². The number of fused-ring (bicyclic) bond motifs is 3. The normalized spacial score (nSPS) is 27.2. The van der Waals surface area contributed by atoms with Crippen LogP contribution in [0, 0.1) is 17.8 Å². The molecule has 3 unspecified atom stereocenters. The molecule has 4 atom stereocenters. The first-order valence-corrected chi connectivity index (χ1v) is 9.48. The molecule has 0 saturated heterocycles. The minimum atomic E-state index is -0.516. The minimum Gasteiger partial charge on any atom is -0.490 e. The van der Waals surface area contributed by atoms with Crippen molar-refractivity contribution < 1.29 is 14.3 Å². The molecule has 2 N–H and O–H groups in total. The highest BCUT2D eigenvalue weighted by atomic mass is 16.5. The molecule has 1 aromatic carbocycles. The van der Waals surface area contributed by atoms with Crippen molar-refractivity contribution in [1.82, 2.24) is 4.98 Å². The van der Waals surface area contributed by atoms with Crippen molar-refractivity contribution in [1.29, 1.82) is 0 Å². The number of hydrogen-bond acceptors (Lipinski definition) is 4. The lowest BCUT2D eigenvalue weighted by atomic mass is 9.88. The van der Waals surface area contributed by atoms with Crippen LogP contribution in [0.1, 0.15) is 50.4 Å². The van der Waals surface area contributed by atoms with Crippen molar-refractivity contribution in [3.63, 3.8) is 0 Å². The Morgan fingerprint density at radius 2 is 2.04 bits per heavy atom. The SMILES string of the molecule is CC(C)Oc1cc2c(O[C@@H]3CC4CC(C)C3C4)ccnc2cc1C(N)=O. The van der Waals surface area contributed by atoms with E-state index < -0.39 is 5.91 Å². The van der Waals surface area contributed by atoms with Gasteiger partial charge in [0, 0.05) is 11.6 Å². The first kappa shape index (κ1) is 17.1. The number of hydrogen-bond donors (Lipinski definition) is 1. The third-order valence-corrected chi connectivity index (χ3v) is 5.79. The lowest BCUT2D eigenvalue weighted by Crippen LogP contribution is -2.28. The van der Waals surface area contributed by atoms with Crippen LogP contribution in [-0.4, -0.2) is 23.1 Å². The van der Waals surface area contributed by atoms with Gasteiger partial charge < -0.3 is 15.2 Å². The Labute approximate surface area is 153 Å². The third-order valence-electron chi connectivity index (χ3n) is 5.79. The maximum Gasteiger partial charge on any atom is 0.252 e. The van der Waals surface area contributed by atoms with Gasteiger partial charge in [-0.2, -0.15) is 0 Å². The molecular formula is C21H26N2O3. The van der Waals surface area contributed by atoms with E-state index in [-0.39, 0.29) is 12.2 Å². The molecule has 2 saturated carbocycles. The predicted molar refractivity (Wildman–Crippen MR) is 100 cm³/mol. The lowest BCUT2D eigenvalue weighted by molar-refractivity contribution is 0.0994. The third kappa shape index (κ3) is 3.00. The zero-order valence-corrected chi connectivity index (χ0v) is 15.6. The van der Waals surface area contributed by atoms with Gasteiger partial charge in [0.1, 0.15) is 17.6 Å². The van der Waals surface area contributed by atoms with E-state index in [0.29, 0.717) is 22.7 Å². The average Bonchev–Trinajstić information content (AvgIpc) is 3.13. The molecule has 1 heterocycles. The number of carbonyl (C=O) groups is 1. The summed E-state index contributed by atoms with van der Waals surface area (Å²) in [5.41, 5.74) is 6.58. The molecule has 2 aliphatic rings. The second-order valence-corrected chi connectivity index (χ2v) is 8.08.